The zero-order valence-corrected chi connectivity index (χ0v) is 13.2. The number of benzene rings is 1. The normalized spacial score (nSPS) is 10.9. The summed E-state index contributed by atoms with van der Waals surface area (Å²) in [6, 6.07) is 9.78. The van der Waals surface area contributed by atoms with E-state index in [4.69, 9.17) is 0 Å². The van der Waals surface area contributed by atoms with Gasteiger partial charge >= 0.3 is 0 Å². The second-order valence-corrected chi connectivity index (χ2v) is 5.76. The summed E-state index contributed by atoms with van der Waals surface area (Å²) in [5.74, 6) is -0.103. The van der Waals surface area contributed by atoms with Crippen molar-refractivity contribution in [3.05, 3.63) is 69.3 Å². The first kappa shape index (κ1) is 15.1. The maximum atomic E-state index is 12.2. The van der Waals surface area contributed by atoms with E-state index in [1.807, 2.05) is 50.4 Å². The summed E-state index contributed by atoms with van der Waals surface area (Å²) in [4.78, 5) is 30.1. The Hall–Kier alpha value is -2.82. The zero-order valence-electron chi connectivity index (χ0n) is 13.2. The van der Waals surface area contributed by atoms with Gasteiger partial charge in [-0.3, -0.25) is 9.59 Å². The van der Waals surface area contributed by atoms with Gasteiger partial charge in [-0.1, -0.05) is 18.2 Å². The molecule has 0 aliphatic carbocycles. The average Bonchev–Trinajstić information content (AvgIpc) is 2.89. The van der Waals surface area contributed by atoms with Gasteiger partial charge in [0.1, 0.15) is 0 Å². The van der Waals surface area contributed by atoms with Crippen LogP contribution in [0.25, 0.3) is 10.9 Å². The molecule has 3 N–H and O–H groups in total. The van der Waals surface area contributed by atoms with Crippen molar-refractivity contribution in [2.75, 3.05) is 0 Å². The van der Waals surface area contributed by atoms with Gasteiger partial charge in [-0.2, -0.15) is 0 Å². The van der Waals surface area contributed by atoms with Crippen molar-refractivity contribution in [2.24, 2.45) is 0 Å². The number of hydrogen-bond acceptors (Lipinski definition) is 2. The molecule has 2 heterocycles. The van der Waals surface area contributed by atoms with Gasteiger partial charge < -0.3 is 15.3 Å². The van der Waals surface area contributed by atoms with Crippen molar-refractivity contribution in [2.45, 2.75) is 26.8 Å². The molecule has 118 valence electrons. The van der Waals surface area contributed by atoms with Gasteiger partial charge in [0.25, 0.3) is 5.56 Å². The van der Waals surface area contributed by atoms with Gasteiger partial charge in [-0.25, -0.2) is 0 Å². The van der Waals surface area contributed by atoms with E-state index in [9.17, 15) is 9.59 Å². The van der Waals surface area contributed by atoms with Crippen LogP contribution >= 0.6 is 0 Å². The minimum atomic E-state index is -0.144. The largest absolute Gasteiger partial charge is 0.361 e. The number of aryl methyl sites for hydroxylation is 2. The first-order chi connectivity index (χ1) is 11.0. The number of rotatable bonds is 4. The monoisotopic (exact) mass is 309 g/mol. The number of amides is 1. The van der Waals surface area contributed by atoms with E-state index in [1.165, 1.54) is 0 Å². The molecule has 3 aromatic rings. The Morgan fingerprint density at radius 1 is 1.22 bits per heavy atom. The quantitative estimate of drug-likeness (QED) is 0.691. The van der Waals surface area contributed by atoms with Crippen LogP contribution in [-0.2, 0) is 17.8 Å². The highest BCUT2D eigenvalue weighted by Crippen LogP contribution is 2.18. The number of carbonyl (C=O) groups is 1. The van der Waals surface area contributed by atoms with Gasteiger partial charge in [0.05, 0.1) is 6.42 Å². The molecule has 0 aliphatic rings. The molecule has 0 spiro atoms. The second-order valence-electron chi connectivity index (χ2n) is 5.76. The summed E-state index contributed by atoms with van der Waals surface area (Å²) < 4.78 is 0. The Morgan fingerprint density at radius 3 is 2.78 bits per heavy atom. The SMILES string of the molecule is Cc1cc(C)c(CNC(=O)Cc2c[nH]c3ccccc23)c(=O)[nH]1. The van der Waals surface area contributed by atoms with Crippen molar-refractivity contribution < 1.29 is 4.79 Å². The number of hydrogen-bond donors (Lipinski definition) is 3. The molecule has 0 bridgehead atoms. The molecule has 1 aromatic carbocycles. The lowest BCUT2D eigenvalue weighted by atomic mass is 10.1. The number of pyridine rings is 1. The zero-order chi connectivity index (χ0) is 16.4. The maximum absolute atomic E-state index is 12.2. The summed E-state index contributed by atoms with van der Waals surface area (Å²) in [5.41, 5.74) is 4.13. The fourth-order valence-electron chi connectivity index (χ4n) is 2.80. The molecule has 1 amide bonds. The molecular formula is C18H19N3O2. The average molecular weight is 309 g/mol. The summed E-state index contributed by atoms with van der Waals surface area (Å²) in [5, 5.41) is 3.88. The summed E-state index contributed by atoms with van der Waals surface area (Å²) in [6.07, 6.45) is 2.14. The number of fused-ring (bicyclic) bond motifs is 1. The number of para-hydroxylation sites is 1. The van der Waals surface area contributed by atoms with E-state index in [1.54, 1.807) is 0 Å². The third-order valence-corrected chi connectivity index (χ3v) is 3.98. The summed E-state index contributed by atoms with van der Waals surface area (Å²) >= 11 is 0. The van der Waals surface area contributed by atoms with Gasteiger partial charge in [0.15, 0.2) is 0 Å². The van der Waals surface area contributed by atoms with Crippen LogP contribution in [0, 0.1) is 13.8 Å². The Bertz CT molecular complexity index is 921. The molecule has 2 aromatic heterocycles. The molecule has 0 saturated heterocycles. The van der Waals surface area contributed by atoms with Crippen LogP contribution in [0.3, 0.4) is 0 Å². The van der Waals surface area contributed by atoms with Crippen LogP contribution in [0.5, 0.6) is 0 Å². The standard InChI is InChI=1S/C18H19N3O2/c1-11-7-12(2)21-18(23)15(11)10-20-17(22)8-13-9-19-16-6-4-3-5-14(13)16/h3-7,9,19H,8,10H2,1-2H3,(H,20,22)(H,21,23). The summed E-state index contributed by atoms with van der Waals surface area (Å²) in [6.45, 7) is 3.96. The first-order valence-corrected chi connectivity index (χ1v) is 7.55. The smallest absolute Gasteiger partial charge is 0.253 e. The van der Waals surface area contributed by atoms with Gasteiger partial charge in [-0.05, 0) is 37.1 Å². The first-order valence-electron chi connectivity index (χ1n) is 7.55. The highest BCUT2D eigenvalue weighted by atomic mass is 16.1. The van der Waals surface area contributed by atoms with E-state index in [-0.39, 0.29) is 24.4 Å². The number of nitrogens with one attached hydrogen (secondary N) is 3. The van der Waals surface area contributed by atoms with Crippen molar-refractivity contribution >= 4 is 16.8 Å². The van der Waals surface area contributed by atoms with E-state index in [0.29, 0.717) is 5.56 Å². The Morgan fingerprint density at radius 2 is 2.00 bits per heavy atom. The summed E-state index contributed by atoms with van der Waals surface area (Å²) in [7, 11) is 0. The van der Waals surface area contributed by atoms with E-state index < -0.39 is 0 Å². The van der Waals surface area contributed by atoms with Crippen LogP contribution in [-0.4, -0.2) is 15.9 Å². The van der Waals surface area contributed by atoms with Gasteiger partial charge in [0, 0.05) is 34.9 Å². The van der Waals surface area contributed by atoms with Crippen LogP contribution in [0.4, 0.5) is 0 Å². The molecular weight excluding hydrogens is 290 g/mol. The fraction of sp³-hybridized carbons (Fsp3) is 0.222. The van der Waals surface area contributed by atoms with Crippen molar-refractivity contribution in [1.29, 1.82) is 0 Å². The van der Waals surface area contributed by atoms with E-state index in [0.717, 1.165) is 27.7 Å². The minimum Gasteiger partial charge on any atom is -0.361 e. The number of H-pyrrole nitrogens is 2. The van der Waals surface area contributed by atoms with Crippen molar-refractivity contribution in [1.82, 2.24) is 15.3 Å². The number of carbonyl (C=O) groups excluding carboxylic acids is 1. The van der Waals surface area contributed by atoms with E-state index in [2.05, 4.69) is 15.3 Å². The molecule has 0 unspecified atom stereocenters. The van der Waals surface area contributed by atoms with Crippen LogP contribution < -0.4 is 10.9 Å². The highest BCUT2D eigenvalue weighted by Gasteiger charge is 2.10. The minimum absolute atomic E-state index is 0.103. The van der Waals surface area contributed by atoms with E-state index >= 15 is 0 Å². The lowest BCUT2D eigenvalue weighted by Gasteiger charge is -2.08. The van der Waals surface area contributed by atoms with Crippen molar-refractivity contribution in [3.8, 4) is 0 Å². The molecule has 0 radical (unpaired) electrons. The molecule has 0 aliphatic heterocycles. The van der Waals surface area contributed by atoms with Crippen LogP contribution in [0.15, 0.2) is 41.3 Å². The predicted molar refractivity (Wildman–Crippen MR) is 90.4 cm³/mol. The van der Waals surface area contributed by atoms with Crippen molar-refractivity contribution in [3.63, 3.8) is 0 Å². The number of aromatic nitrogens is 2. The maximum Gasteiger partial charge on any atom is 0.253 e. The Kier molecular flexibility index (Phi) is 4.02. The molecule has 3 rings (SSSR count). The van der Waals surface area contributed by atoms with Gasteiger partial charge in [0.2, 0.25) is 5.91 Å². The number of aromatic amines is 2. The molecule has 23 heavy (non-hydrogen) atoms. The predicted octanol–water partition coefficient (Wildman–Crippen LogP) is 2.33. The molecule has 0 atom stereocenters. The second kappa shape index (κ2) is 6.12. The van der Waals surface area contributed by atoms with Gasteiger partial charge in [-0.15, -0.1) is 0 Å². The topological polar surface area (TPSA) is 77.8 Å². The van der Waals surface area contributed by atoms with Crippen LogP contribution in [0.1, 0.15) is 22.4 Å². The molecule has 0 fully saturated rings. The van der Waals surface area contributed by atoms with Crippen LogP contribution in [0.2, 0.25) is 0 Å². The molecule has 5 nitrogen and oxygen atoms in total. The highest BCUT2D eigenvalue weighted by molar-refractivity contribution is 5.88. The Labute approximate surface area is 133 Å². The third-order valence-electron chi connectivity index (χ3n) is 3.98. The lowest BCUT2D eigenvalue weighted by Crippen LogP contribution is -2.28. The lowest BCUT2D eigenvalue weighted by molar-refractivity contribution is -0.120. The molecule has 0 saturated carbocycles. The Balaban J connectivity index is 1.70. The third kappa shape index (κ3) is 3.18. The molecule has 5 heteroatoms. The fourth-order valence-corrected chi connectivity index (χ4v) is 2.80.